The molecule has 2 aromatic carbocycles. The van der Waals surface area contributed by atoms with E-state index in [2.05, 4.69) is 0 Å². The summed E-state index contributed by atoms with van der Waals surface area (Å²) in [5.41, 5.74) is 0.733. The van der Waals surface area contributed by atoms with Gasteiger partial charge in [-0.2, -0.15) is 5.26 Å². The number of hydrogen-bond acceptors (Lipinski definition) is 6. The van der Waals surface area contributed by atoms with E-state index in [1.165, 1.54) is 24.3 Å². The molecule has 0 bridgehead atoms. The minimum absolute atomic E-state index is 0.287. The number of likely N-dealkylation sites (N-methyl/N-ethyl adjacent to an activating group) is 1. The molecule has 3 rings (SSSR count). The summed E-state index contributed by atoms with van der Waals surface area (Å²) in [7, 11) is 0. The summed E-state index contributed by atoms with van der Waals surface area (Å²) in [5.74, 6) is 0.408. The lowest BCUT2D eigenvalue weighted by atomic mass is 10.1. The van der Waals surface area contributed by atoms with Gasteiger partial charge in [-0.1, -0.05) is 12.1 Å². The van der Waals surface area contributed by atoms with E-state index in [1.807, 2.05) is 37.3 Å². The van der Waals surface area contributed by atoms with Gasteiger partial charge in [0.2, 0.25) is 0 Å². The molecule has 1 amide bonds. The maximum absolute atomic E-state index is 12.4. The highest BCUT2D eigenvalue weighted by Gasteiger charge is 2.25. The van der Waals surface area contributed by atoms with Crippen molar-refractivity contribution in [1.29, 1.82) is 5.26 Å². The molecule has 0 radical (unpaired) electrons. The molecule has 0 N–H and O–H groups in total. The number of rotatable bonds is 6. The van der Waals surface area contributed by atoms with Crippen LogP contribution in [0.1, 0.15) is 22.8 Å². The van der Waals surface area contributed by atoms with Crippen LogP contribution in [0.4, 0.5) is 0 Å². The first kappa shape index (κ1) is 19.2. The fourth-order valence-electron chi connectivity index (χ4n) is 2.79. The van der Waals surface area contributed by atoms with Gasteiger partial charge < -0.3 is 19.1 Å². The Morgan fingerprint density at radius 2 is 1.89 bits per heavy atom. The number of para-hydroxylation sites is 2. The fraction of sp³-hybridized carbons (Fsp3) is 0.286. The Labute approximate surface area is 163 Å². The van der Waals surface area contributed by atoms with Crippen molar-refractivity contribution in [1.82, 2.24) is 4.90 Å². The van der Waals surface area contributed by atoms with Crippen molar-refractivity contribution in [2.45, 2.75) is 13.0 Å². The molecule has 0 fully saturated rings. The third-order valence-corrected chi connectivity index (χ3v) is 4.30. The lowest BCUT2D eigenvalue weighted by Gasteiger charge is -2.30. The van der Waals surface area contributed by atoms with Crippen molar-refractivity contribution in [3.63, 3.8) is 0 Å². The van der Waals surface area contributed by atoms with Crippen LogP contribution in [0.2, 0.25) is 0 Å². The predicted molar refractivity (Wildman–Crippen MR) is 100 cm³/mol. The minimum atomic E-state index is -0.611. The zero-order chi connectivity index (χ0) is 19.9. The summed E-state index contributed by atoms with van der Waals surface area (Å²) in [6, 6.07) is 15.4. The molecule has 28 heavy (non-hydrogen) atoms. The van der Waals surface area contributed by atoms with Crippen molar-refractivity contribution in [3.8, 4) is 17.6 Å². The average molecular weight is 380 g/mol. The Morgan fingerprint density at radius 3 is 2.57 bits per heavy atom. The van der Waals surface area contributed by atoms with E-state index in [-0.39, 0.29) is 24.2 Å². The highest BCUT2D eigenvalue weighted by molar-refractivity contribution is 5.91. The van der Waals surface area contributed by atoms with Crippen molar-refractivity contribution < 1.29 is 23.8 Å². The predicted octanol–water partition coefficient (Wildman–Crippen LogP) is 2.40. The SMILES string of the molecule is CCN(C[C@H]1COc2ccccc2O1)C(=O)COC(=O)c1ccc(C#N)cc1. The number of benzene rings is 2. The number of nitriles is 1. The number of ether oxygens (including phenoxy) is 3. The molecule has 1 aliphatic rings. The number of carbonyl (C=O) groups is 2. The molecule has 7 nitrogen and oxygen atoms in total. The highest BCUT2D eigenvalue weighted by Crippen LogP contribution is 2.31. The van der Waals surface area contributed by atoms with Crippen LogP contribution in [0.3, 0.4) is 0 Å². The van der Waals surface area contributed by atoms with Gasteiger partial charge in [0.25, 0.3) is 5.91 Å². The summed E-state index contributed by atoms with van der Waals surface area (Å²) in [5, 5.41) is 8.78. The number of amides is 1. The van der Waals surface area contributed by atoms with Crippen LogP contribution in [0.5, 0.6) is 11.5 Å². The zero-order valence-electron chi connectivity index (χ0n) is 15.5. The molecule has 0 aromatic heterocycles. The maximum Gasteiger partial charge on any atom is 0.338 e. The van der Waals surface area contributed by atoms with Gasteiger partial charge in [0.1, 0.15) is 6.61 Å². The molecule has 1 atom stereocenters. The molecule has 0 aliphatic carbocycles. The molecule has 0 saturated heterocycles. The average Bonchev–Trinajstić information content (AvgIpc) is 2.75. The Bertz CT molecular complexity index is 888. The minimum Gasteiger partial charge on any atom is -0.486 e. The second-order valence-electron chi connectivity index (χ2n) is 6.20. The number of esters is 1. The van der Waals surface area contributed by atoms with Gasteiger partial charge in [0.15, 0.2) is 24.2 Å². The van der Waals surface area contributed by atoms with Crippen molar-refractivity contribution in [2.24, 2.45) is 0 Å². The van der Waals surface area contributed by atoms with E-state index in [4.69, 9.17) is 19.5 Å². The van der Waals surface area contributed by atoms with Gasteiger partial charge in [-0.25, -0.2) is 4.79 Å². The Balaban J connectivity index is 1.52. The molecular formula is C21H20N2O5. The highest BCUT2D eigenvalue weighted by atomic mass is 16.6. The number of nitrogens with zero attached hydrogens (tertiary/aromatic N) is 2. The molecule has 0 unspecified atom stereocenters. The molecule has 7 heteroatoms. The van der Waals surface area contributed by atoms with E-state index < -0.39 is 5.97 Å². The summed E-state index contributed by atoms with van der Waals surface area (Å²) >= 11 is 0. The normalized spacial score (nSPS) is 14.6. The van der Waals surface area contributed by atoms with E-state index in [9.17, 15) is 9.59 Å². The molecule has 144 valence electrons. The first-order chi connectivity index (χ1) is 13.6. The number of fused-ring (bicyclic) bond motifs is 1. The van der Waals surface area contributed by atoms with E-state index in [0.717, 1.165) is 0 Å². The Kier molecular flexibility index (Phi) is 6.12. The van der Waals surface area contributed by atoms with Crippen molar-refractivity contribution in [3.05, 3.63) is 59.7 Å². The number of hydrogen-bond donors (Lipinski definition) is 0. The topological polar surface area (TPSA) is 88.9 Å². The van der Waals surface area contributed by atoms with E-state index in [0.29, 0.717) is 36.8 Å². The summed E-state index contributed by atoms with van der Waals surface area (Å²) < 4.78 is 16.6. The Hall–Kier alpha value is -3.53. The molecular weight excluding hydrogens is 360 g/mol. The largest absolute Gasteiger partial charge is 0.486 e. The summed E-state index contributed by atoms with van der Waals surface area (Å²) in [6.45, 7) is 2.60. The van der Waals surface area contributed by atoms with Gasteiger partial charge in [-0.05, 0) is 43.3 Å². The van der Waals surface area contributed by atoms with Gasteiger partial charge in [0, 0.05) is 6.54 Å². The third kappa shape index (κ3) is 4.60. The van der Waals surface area contributed by atoms with Crippen LogP contribution in [-0.4, -0.2) is 49.2 Å². The number of carbonyl (C=O) groups excluding carboxylic acids is 2. The first-order valence-electron chi connectivity index (χ1n) is 8.94. The van der Waals surface area contributed by atoms with Crippen LogP contribution in [0.15, 0.2) is 48.5 Å². The summed E-state index contributed by atoms with van der Waals surface area (Å²) in [6.07, 6.45) is -0.298. The van der Waals surface area contributed by atoms with Gasteiger partial charge in [0.05, 0.1) is 23.7 Å². The van der Waals surface area contributed by atoms with E-state index in [1.54, 1.807) is 4.90 Å². The third-order valence-electron chi connectivity index (χ3n) is 4.30. The Morgan fingerprint density at radius 1 is 1.18 bits per heavy atom. The smallest absolute Gasteiger partial charge is 0.338 e. The van der Waals surface area contributed by atoms with Crippen LogP contribution >= 0.6 is 0 Å². The molecule has 2 aromatic rings. The molecule has 1 aliphatic heterocycles. The zero-order valence-corrected chi connectivity index (χ0v) is 15.5. The van der Waals surface area contributed by atoms with Crippen LogP contribution in [0, 0.1) is 11.3 Å². The maximum atomic E-state index is 12.4. The van der Waals surface area contributed by atoms with Gasteiger partial charge in [-0.15, -0.1) is 0 Å². The van der Waals surface area contributed by atoms with Crippen LogP contribution < -0.4 is 9.47 Å². The first-order valence-corrected chi connectivity index (χ1v) is 8.94. The molecule has 0 spiro atoms. The molecule has 1 heterocycles. The lowest BCUT2D eigenvalue weighted by molar-refractivity contribution is -0.135. The van der Waals surface area contributed by atoms with Crippen LogP contribution in [-0.2, 0) is 9.53 Å². The lowest BCUT2D eigenvalue weighted by Crippen LogP contribution is -2.45. The standard InChI is InChI=1S/C21H20N2O5/c1-2-23(12-17-13-26-18-5-3-4-6-19(18)28-17)20(24)14-27-21(25)16-9-7-15(11-22)8-10-16/h3-10,17H,2,12-14H2,1H3/t17-/m0/s1. The van der Waals surface area contributed by atoms with Crippen molar-refractivity contribution >= 4 is 11.9 Å². The second-order valence-corrected chi connectivity index (χ2v) is 6.20. The van der Waals surface area contributed by atoms with Crippen LogP contribution in [0.25, 0.3) is 0 Å². The summed E-state index contributed by atoms with van der Waals surface area (Å²) in [4.78, 5) is 26.1. The quantitative estimate of drug-likeness (QED) is 0.715. The van der Waals surface area contributed by atoms with Crippen molar-refractivity contribution in [2.75, 3.05) is 26.3 Å². The van der Waals surface area contributed by atoms with Gasteiger partial charge in [-0.3, -0.25) is 4.79 Å². The monoisotopic (exact) mass is 380 g/mol. The van der Waals surface area contributed by atoms with E-state index >= 15 is 0 Å². The fourth-order valence-corrected chi connectivity index (χ4v) is 2.79. The second kappa shape index (κ2) is 8.91. The van der Waals surface area contributed by atoms with Gasteiger partial charge >= 0.3 is 5.97 Å². The molecule has 0 saturated carbocycles.